The highest BCUT2D eigenvalue weighted by molar-refractivity contribution is 6.38. The second-order valence-electron chi connectivity index (χ2n) is 3.71. The minimum absolute atomic E-state index is 0.0486. The fourth-order valence-corrected chi connectivity index (χ4v) is 1.73. The van der Waals surface area contributed by atoms with E-state index in [0.29, 0.717) is 6.20 Å². The van der Waals surface area contributed by atoms with Crippen LogP contribution in [0.5, 0.6) is 0 Å². The third-order valence-corrected chi connectivity index (χ3v) is 2.89. The maximum Gasteiger partial charge on any atom is 0.417 e. The zero-order valence-electron chi connectivity index (χ0n) is 9.95. The molecule has 10 heteroatoms. The molecule has 2 aromatic rings. The van der Waals surface area contributed by atoms with Crippen molar-refractivity contribution in [3.63, 3.8) is 0 Å². The Kier molecular flexibility index (Phi) is 4.29. The van der Waals surface area contributed by atoms with E-state index >= 15 is 0 Å². The summed E-state index contributed by atoms with van der Waals surface area (Å²) in [5.41, 5.74) is -1.25. The van der Waals surface area contributed by atoms with Gasteiger partial charge in [-0.1, -0.05) is 23.2 Å². The number of pyridine rings is 1. The lowest BCUT2D eigenvalue weighted by Gasteiger charge is -2.08. The van der Waals surface area contributed by atoms with E-state index < -0.39 is 17.6 Å². The summed E-state index contributed by atoms with van der Waals surface area (Å²) < 4.78 is 37.1. The van der Waals surface area contributed by atoms with Crippen molar-refractivity contribution < 1.29 is 18.0 Å². The number of nitrogens with one attached hydrogen (secondary N) is 1. The maximum atomic E-state index is 12.4. The second kappa shape index (κ2) is 5.82. The van der Waals surface area contributed by atoms with Gasteiger partial charge in [-0.15, -0.1) is 0 Å². The van der Waals surface area contributed by atoms with E-state index in [1.807, 2.05) is 0 Å². The summed E-state index contributed by atoms with van der Waals surface area (Å²) in [4.78, 5) is 22.5. The molecule has 0 saturated carbocycles. The Hall–Kier alpha value is -1.93. The summed E-state index contributed by atoms with van der Waals surface area (Å²) in [5.74, 6) is -0.790. The van der Waals surface area contributed by atoms with Crippen LogP contribution in [-0.4, -0.2) is 20.9 Å². The highest BCUT2D eigenvalue weighted by Crippen LogP contribution is 2.29. The van der Waals surface area contributed by atoms with Crippen LogP contribution in [0.25, 0.3) is 0 Å². The Morgan fingerprint density at radius 1 is 1.10 bits per heavy atom. The van der Waals surface area contributed by atoms with Crippen molar-refractivity contribution in [2.24, 2.45) is 0 Å². The molecule has 0 aromatic carbocycles. The van der Waals surface area contributed by atoms with Crippen LogP contribution in [0.3, 0.4) is 0 Å². The van der Waals surface area contributed by atoms with Crippen molar-refractivity contribution in [3.8, 4) is 0 Å². The molecule has 0 unspecified atom stereocenters. The first-order chi connectivity index (χ1) is 9.79. The predicted octanol–water partition coefficient (Wildman–Crippen LogP) is 3.45. The van der Waals surface area contributed by atoms with Crippen LogP contribution < -0.4 is 5.32 Å². The van der Waals surface area contributed by atoms with Gasteiger partial charge in [-0.3, -0.25) is 9.78 Å². The number of hydrogen-bond donors (Lipinski definition) is 1. The molecule has 5 nitrogen and oxygen atoms in total. The van der Waals surface area contributed by atoms with Gasteiger partial charge >= 0.3 is 6.18 Å². The molecule has 21 heavy (non-hydrogen) atoms. The molecule has 0 bridgehead atoms. The smallest absolute Gasteiger partial charge is 0.315 e. The molecule has 1 amide bonds. The van der Waals surface area contributed by atoms with Gasteiger partial charge in [0.1, 0.15) is 17.7 Å². The molecule has 0 radical (unpaired) electrons. The van der Waals surface area contributed by atoms with Gasteiger partial charge < -0.3 is 5.32 Å². The molecule has 0 atom stereocenters. The first kappa shape index (κ1) is 15.5. The number of carbonyl (C=O) groups excluding carboxylic acids is 1. The van der Waals surface area contributed by atoms with Crippen molar-refractivity contribution in [1.82, 2.24) is 15.0 Å². The number of aromatic nitrogens is 3. The van der Waals surface area contributed by atoms with Crippen LogP contribution in [0.15, 0.2) is 24.7 Å². The van der Waals surface area contributed by atoms with Crippen molar-refractivity contribution in [1.29, 1.82) is 0 Å². The Morgan fingerprint density at radius 2 is 1.71 bits per heavy atom. The molecule has 2 rings (SSSR count). The molecule has 1 N–H and O–H groups in total. The van der Waals surface area contributed by atoms with Crippen LogP contribution in [0, 0.1) is 0 Å². The van der Waals surface area contributed by atoms with Crippen molar-refractivity contribution in [2.75, 3.05) is 5.32 Å². The molecule has 0 aliphatic carbocycles. The zero-order valence-corrected chi connectivity index (χ0v) is 11.5. The van der Waals surface area contributed by atoms with Gasteiger partial charge in [-0.25, -0.2) is 9.97 Å². The van der Waals surface area contributed by atoms with E-state index in [-0.39, 0.29) is 21.7 Å². The van der Waals surface area contributed by atoms with Crippen molar-refractivity contribution >= 4 is 34.8 Å². The minimum Gasteiger partial charge on any atom is -0.315 e. The number of hydrogen-bond acceptors (Lipinski definition) is 4. The number of carbonyl (C=O) groups is 1. The predicted molar refractivity (Wildman–Crippen MR) is 69.2 cm³/mol. The molecule has 110 valence electrons. The second-order valence-corrected chi connectivity index (χ2v) is 4.43. The standard InChI is InChI=1S/C11H5Cl2F3N4O/c12-8-7(9(13)19-4-18-8)20-10(21)6-2-1-5(3-17-6)11(14,15)16/h1-4H,(H,20,21). The summed E-state index contributed by atoms with van der Waals surface area (Å²) in [7, 11) is 0. The van der Waals surface area contributed by atoms with Gasteiger partial charge in [-0.05, 0) is 12.1 Å². The largest absolute Gasteiger partial charge is 0.417 e. The maximum absolute atomic E-state index is 12.4. The molecular formula is C11H5Cl2F3N4O. The van der Waals surface area contributed by atoms with Gasteiger partial charge in [0.15, 0.2) is 10.3 Å². The number of nitrogens with zero attached hydrogens (tertiary/aromatic N) is 3. The van der Waals surface area contributed by atoms with Gasteiger partial charge in [-0.2, -0.15) is 13.2 Å². The van der Waals surface area contributed by atoms with Crippen LogP contribution in [0.1, 0.15) is 16.1 Å². The molecule has 0 aliphatic heterocycles. The van der Waals surface area contributed by atoms with E-state index in [2.05, 4.69) is 20.3 Å². The molecule has 0 aliphatic rings. The monoisotopic (exact) mass is 336 g/mol. The fraction of sp³-hybridized carbons (Fsp3) is 0.0909. The fourth-order valence-electron chi connectivity index (χ4n) is 1.32. The number of alkyl halides is 3. The Balaban J connectivity index is 2.21. The van der Waals surface area contributed by atoms with Crippen LogP contribution >= 0.6 is 23.2 Å². The van der Waals surface area contributed by atoms with E-state index in [0.717, 1.165) is 18.5 Å². The SMILES string of the molecule is O=C(Nc1c(Cl)ncnc1Cl)c1ccc(C(F)(F)F)cn1. The third kappa shape index (κ3) is 3.59. The zero-order chi connectivity index (χ0) is 15.6. The Labute approximate surface area is 126 Å². The number of halogens is 5. The molecule has 2 heterocycles. The number of rotatable bonds is 2. The molecule has 0 spiro atoms. The van der Waals surface area contributed by atoms with E-state index in [1.54, 1.807) is 0 Å². The molecular weight excluding hydrogens is 332 g/mol. The summed E-state index contributed by atoms with van der Waals surface area (Å²) >= 11 is 11.5. The normalized spacial score (nSPS) is 11.3. The quantitative estimate of drug-likeness (QED) is 0.853. The third-order valence-electron chi connectivity index (χ3n) is 2.32. The van der Waals surface area contributed by atoms with E-state index in [1.165, 1.54) is 0 Å². The lowest BCUT2D eigenvalue weighted by Crippen LogP contribution is -2.16. The van der Waals surface area contributed by atoms with Crippen LogP contribution in [-0.2, 0) is 6.18 Å². The average molecular weight is 337 g/mol. The molecule has 0 saturated heterocycles. The van der Waals surface area contributed by atoms with E-state index in [4.69, 9.17) is 23.2 Å². The van der Waals surface area contributed by atoms with Crippen molar-refractivity contribution in [2.45, 2.75) is 6.18 Å². The summed E-state index contributed by atoms with van der Waals surface area (Å²) in [6.07, 6.45) is -2.88. The van der Waals surface area contributed by atoms with Gasteiger partial charge in [0.25, 0.3) is 5.91 Å². The van der Waals surface area contributed by atoms with Gasteiger partial charge in [0.2, 0.25) is 0 Å². The van der Waals surface area contributed by atoms with Crippen molar-refractivity contribution in [3.05, 3.63) is 46.2 Å². The highest BCUT2D eigenvalue weighted by atomic mass is 35.5. The topological polar surface area (TPSA) is 67.8 Å². The summed E-state index contributed by atoms with van der Waals surface area (Å²) in [6.45, 7) is 0. The Bertz CT molecular complexity index is 656. The first-order valence-corrected chi connectivity index (χ1v) is 6.05. The van der Waals surface area contributed by atoms with E-state index in [9.17, 15) is 18.0 Å². The number of amides is 1. The van der Waals surface area contributed by atoms with Gasteiger partial charge in [0, 0.05) is 6.20 Å². The average Bonchev–Trinajstić information content (AvgIpc) is 2.42. The summed E-state index contributed by atoms with van der Waals surface area (Å²) in [5, 5.41) is 2.08. The first-order valence-electron chi connectivity index (χ1n) is 5.29. The number of anilines is 1. The lowest BCUT2D eigenvalue weighted by molar-refractivity contribution is -0.137. The van der Waals surface area contributed by atoms with Gasteiger partial charge in [0.05, 0.1) is 5.56 Å². The summed E-state index contributed by atoms with van der Waals surface area (Å²) in [6, 6.07) is 1.68. The lowest BCUT2D eigenvalue weighted by atomic mass is 10.2. The molecule has 0 fully saturated rings. The van der Waals surface area contributed by atoms with Crippen LogP contribution in [0.4, 0.5) is 18.9 Å². The minimum atomic E-state index is -4.53. The highest BCUT2D eigenvalue weighted by Gasteiger charge is 2.31. The Morgan fingerprint density at radius 3 is 2.19 bits per heavy atom. The molecule has 2 aromatic heterocycles. The van der Waals surface area contributed by atoms with Crippen LogP contribution in [0.2, 0.25) is 10.3 Å².